The van der Waals surface area contributed by atoms with Crippen LogP contribution in [0.15, 0.2) is 30.7 Å². The van der Waals surface area contributed by atoms with E-state index in [-0.39, 0.29) is 18.0 Å². The Balaban J connectivity index is 1.12. The summed E-state index contributed by atoms with van der Waals surface area (Å²) in [4.78, 5) is 37.9. The molecule has 3 heterocycles. The number of nitrogens with zero attached hydrogens (tertiary/aromatic N) is 3. The number of hydrogen-bond donors (Lipinski definition) is 3. The molecule has 230 valence electrons. The number of benzene rings is 1. The van der Waals surface area contributed by atoms with Gasteiger partial charge < -0.3 is 24.5 Å². The van der Waals surface area contributed by atoms with E-state index in [0.717, 1.165) is 57.1 Å². The summed E-state index contributed by atoms with van der Waals surface area (Å²) in [5.74, 6) is 2.36. The highest BCUT2D eigenvalue weighted by molar-refractivity contribution is 6.08. The molecule has 11 heteroatoms. The number of carbonyl (C=O) groups excluding carboxylic acids is 2. The molecule has 6 rings (SSSR count). The molecule has 3 aromatic rings. The second kappa shape index (κ2) is 13.2. The Morgan fingerprint density at radius 1 is 1.07 bits per heavy atom. The lowest BCUT2D eigenvalue weighted by atomic mass is 9.78. The molecule has 1 aromatic carbocycles. The van der Waals surface area contributed by atoms with E-state index in [1.165, 1.54) is 19.2 Å². The maximum absolute atomic E-state index is 13.5. The third-order valence-electron chi connectivity index (χ3n) is 9.03. The van der Waals surface area contributed by atoms with Crippen molar-refractivity contribution in [1.82, 2.24) is 30.7 Å². The Kier molecular flexibility index (Phi) is 8.97. The first-order chi connectivity index (χ1) is 21.0. The van der Waals surface area contributed by atoms with Crippen molar-refractivity contribution in [1.29, 1.82) is 0 Å². The number of hydrazine groups is 1. The minimum absolute atomic E-state index is 0.0917. The Hall–Kier alpha value is -3.86. The number of aromatic nitrogens is 3. The molecule has 11 nitrogen and oxygen atoms in total. The van der Waals surface area contributed by atoms with Gasteiger partial charge >= 0.3 is 6.09 Å². The van der Waals surface area contributed by atoms with Crippen LogP contribution in [-0.2, 0) is 4.74 Å². The Labute approximate surface area is 252 Å². The molecule has 2 amide bonds. The van der Waals surface area contributed by atoms with Crippen molar-refractivity contribution in [2.24, 2.45) is 11.8 Å². The maximum atomic E-state index is 13.5. The van der Waals surface area contributed by atoms with Crippen molar-refractivity contribution in [3.8, 4) is 22.8 Å². The predicted molar refractivity (Wildman–Crippen MR) is 162 cm³/mol. The smallest absolute Gasteiger partial charge is 0.421 e. The number of ether oxygens (including phenoxy) is 3. The van der Waals surface area contributed by atoms with Gasteiger partial charge in [-0.15, -0.1) is 0 Å². The molecule has 2 saturated carbocycles. The van der Waals surface area contributed by atoms with Crippen LogP contribution in [0.5, 0.6) is 11.5 Å². The fourth-order valence-corrected chi connectivity index (χ4v) is 6.53. The number of piperidine rings is 1. The zero-order chi connectivity index (χ0) is 29.8. The first-order valence-electron chi connectivity index (χ1n) is 15.7. The molecule has 1 unspecified atom stereocenters. The minimum atomic E-state index is -0.380. The lowest BCUT2D eigenvalue weighted by molar-refractivity contribution is 0.0269. The third-order valence-corrected chi connectivity index (χ3v) is 9.03. The van der Waals surface area contributed by atoms with E-state index in [2.05, 4.69) is 30.7 Å². The van der Waals surface area contributed by atoms with E-state index >= 15 is 0 Å². The lowest BCUT2D eigenvalue weighted by Gasteiger charge is -2.42. The molecule has 43 heavy (non-hydrogen) atoms. The van der Waals surface area contributed by atoms with Crippen LogP contribution < -0.4 is 20.2 Å². The molecule has 2 aliphatic carbocycles. The Morgan fingerprint density at radius 2 is 1.91 bits per heavy atom. The van der Waals surface area contributed by atoms with Gasteiger partial charge in [-0.1, -0.05) is 6.42 Å². The summed E-state index contributed by atoms with van der Waals surface area (Å²) in [6.07, 6.45) is 12.3. The average Bonchev–Trinajstić information content (AvgIpc) is 3.76. The molecule has 1 saturated heterocycles. The fourth-order valence-electron chi connectivity index (χ4n) is 6.53. The monoisotopic (exact) mass is 590 g/mol. The quantitative estimate of drug-likeness (QED) is 0.293. The number of nitrogens with one attached hydrogen (secondary N) is 3. The van der Waals surface area contributed by atoms with E-state index in [0.29, 0.717) is 64.9 Å². The summed E-state index contributed by atoms with van der Waals surface area (Å²) < 4.78 is 16.7. The topological polar surface area (TPSA) is 131 Å². The standard InChI is InChI=1S/C32H42N6O5/c1-3-42-32(40)37-38-15-5-4-6-26(38)21-9-11-22(12-10-21)36-31(39)25-17-33-30-28(34-19-35-29(25)30)24-14-13-23(41-2)16-27(24)43-18-20-7-8-20/h13-14,16-17,19-22,26,33H,3-12,15,18H2,1-2H3,(H,36,39)(H,37,40). The van der Waals surface area contributed by atoms with Crippen molar-refractivity contribution in [3.63, 3.8) is 0 Å². The summed E-state index contributed by atoms with van der Waals surface area (Å²) in [6, 6.07) is 6.11. The third kappa shape index (κ3) is 6.71. The van der Waals surface area contributed by atoms with Crippen molar-refractivity contribution in [2.45, 2.75) is 76.8 Å². The van der Waals surface area contributed by atoms with Crippen molar-refractivity contribution in [2.75, 3.05) is 26.9 Å². The van der Waals surface area contributed by atoms with Gasteiger partial charge in [-0.25, -0.2) is 19.8 Å². The molecule has 0 radical (unpaired) electrons. The summed E-state index contributed by atoms with van der Waals surface area (Å²) in [5, 5.41) is 5.34. The number of methoxy groups -OCH3 is 1. The predicted octanol–water partition coefficient (Wildman–Crippen LogP) is 5.23. The fraction of sp³-hybridized carbons (Fsp3) is 0.562. The van der Waals surface area contributed by atoms with Gasteiger partial charge in [0.05, 0.1) is 31.4 Å². The second-order valence-corrected chi connectivity index (χ2v) is 11.9. The molecular weight excluding hydrogens is 548 g/mol. The number of carbonyl (C=O) groups is 2. The van der Waals surface area contributed by atoms with Crippen LogP contribution in [0.4, 0.5) is 4.79 Å². The highest BCUT2D eigenvalue weighted by Crippen LogP contribution is 2.38. The molecular formula is C32H42N6O5. The number of hydrogen-bond acceptors (Lipinski definition) is 8. The number of rotatable bonds is 10. The van der Waals surface area contributed by atoms with Crippen LogP contribution in [0.1, 0.15) is 75.1 Å². The Bertz CT molecular complexity index is 1430. The first-order valence-corrected chi connectivity index (χ1v) is 15.7. The molecule has 1 atom stereocenters. The number of fused-ring (bicyclic) bond motifs is 1. The van der Waals surface area contributed by atoms with Crippen LogP contribution >= 0.6 is 0 Å². The second-order valence-electron chi connectivity index (χ2n) is 11.9. The van der Waals surface area contributed by atoms with Gasteiger partial charge in [-0.3, -0.25) is 10.2 Å². The summed E-state index contributed by atoms with van der Waals surface area (Å²) in [7, 11) is 1.64. The van der Waals surface area contributed by atoms with Gasteiger partial charge in [0.15, 0.2) is 0 Å². The SMILES string of the molecule is CCOC(=O)NN1CCCCC1C1CCC(NC(=O)c2c[nH]c3c(-c4ccc(OC)cc4OCC4CC4)ncnc23)CC1. The lowest BCUT2D eigenvalue weighted by Crippen LogP contribution is -2.54. The minimum Gasteiger partial charge on any atom is -0.497 e. The summed E-state index contributed by atoms with van der Waals surface area (Å²) >= 11 is 0. The van der Waals surface area contributed by atoms with Crippen LogP contribution in [0.25, 0.3) is 22.3 Å². The zero-order valence-corrected chi connectivity index (χ0v) is 25.1. The van der Waals surface area contributed by atoms with Gasteiger partial charge in [0.25, 0.3) is 5.91 Å². The van der Waals surface area contributed by atoms with Gasteiger partial charge in [-0.05, 0) is 82.3 Å². The molecule has 0 bridgehead atoms. The van der Waals surface area contributed by atoms with Gasteiger partial charge in [0.2, 0.25) is 0 Å². The number of aromatic amines is 1. The van der Waals surface area contributed by atoms with E-state index in [9.17, 15) is 9.59 Å². The van der Waals surface area contributed by atoms with Gasteiger partial charge in [0, 0.05) is 36.5 Å². The van der Waals surface area contributed by atoms with Crippen molar-refractivity contribution in [3.05, 3.63) is 36.3 Å². The van der Waals surface area contributed by atoms with Crippen LogP contribution in [0.2, 0.25) is 0 Å². The van der Waals surface area contributed by atoms with Crippen LogP contribution in [-0.4, -0.2) is 70.9 Å². The normalized spacial score (nSPS) is 22.6. The molecule has 0 spiro atoms. The summed E-state index contributed by atoms with van der Waals surface area (Å²) in [6.45, 7) is 3.68. The highest BCUT2D eigenvalue weighted by atomic mass is 16.6. The van der Waals surface area contributed by atoms with E-state index in [4.69, 9.17) is 14.2 Å². The number of H-pyrrole nitrogens is 1. The van der Waals surface area contributed by atoms with Crippen LogP contribution in [0, 0.1) is 11.8 Å². The molecule has 2 aromatic heterocycles. The van der Waals surface area contributed by atoms with E-state index in [1.54, 1.807) is 13.3 Å². The molecule has 1 aliphatic heterocycles. The van der Waals surface area contributed by atoms with E-state index in [1.807, 2.05) is 25.1 Å². The summed E-state index contributed by atoms with van der Waals surface area (Å²) in [5.41, 5.74) is 6.27. The maximum Gasteiger partial charge on any atom is 0.421 e. The molecule has 3 N–H and O–H groups in total. The van der Waals surface area contributed by atoms with Crippen LogP contribution in [0.3, 0.4) is 0 Å². The van der Waals surface area contributed by atoms with Gasteiger partial charge in [-0.2, -0.15) is 0 Å². The zero-order valence-electron chi connectivity index (χ0n) is 25.1. The molecule has 3 fully saturated rings. The highest BCUT2D eigenvalue weighted by Gasteiger charge is 2.34. The largest absolute Gasteiger partial charge is 0.497 e. The van der Waals surface area contributed by atoms with Crippen molar-refractivity contribution >= 4 is 23.0 Å². The average molecular weight is 591 g/mol. The Morgan fingerprint density at radius 3 is 2.67 bits per heavy atom. The molecule has 3 aliphatic rings. The van der Waals surface area contributed by atoms with Crippen molar-refractivity contribution < 1.29 is 23.8 Å². The first kappa shape index (κ1) is 29.2. The number of amides is 2. The van der Waals surface area contributed by atoms with Gasteiger partial charge in [0.1, 0.15) is 29.0 Å². The van der Waals surface area contributed by atoms with E-state index < -0.39 is 0 Å².